The monoisotopic (exact) mass is 373 g/mol. The average molecular weight is 373 g/mol. The van der Waals surface area contributed by atoms with E-state index in [1.165, 1.54) is 17.4 Å². The Morgan fingerprint density at radius 1 is 1.12 bits per heavy atom. The van der Waals surface area contributed by atoms with Gasteiger partial charge >= 0.3 is 6.03 Å². The number of carbonyl (C=O) groups is 1. The van der Waals surface area contributed by atoms with Crippen molar-refractivity contribution >= 4 is 23.1 Å². The quantitative estimate of drug-likeness (QED) is 0.674. The number of rotatable bonds is 4. The molecule has 1 aromatic heterocycles. The van der Waals surface area contributed by atoms with Crippen molar-refractivity contribution in [3.05, 3.63) is 70.2 Å². The van der Waals surface area contributed by atoms with Crippen LogP contribution >= 0.6 is 11.3 Å². The van der Waals surface area contributed by atoms with Crippen molar-refractivity contribution in [3.8, 4) is 10.6 Å². The Morgan fingerprint density at radius 3 is 2.62 bits per heavy atom. The minimum atomic E-state index is -1.01. The summed E-state index contributed by atoms with van der Waals surface area (Å²) in [5, 5.41) is 6.08. The van der Waals surface area contributed by atoms with E-state index < -0.39 is 17.7 Å². The van der Waals surface area contributed by atoms with Crippen LogP contribution in [0.5, 0.6) is 0 Å². The molecule has 0 aliphatic carbocycles. The van der Waals surface area contributed by atoms with E-state index >= 15 is 0 Å². The number of halogens is 2. The first-order valence-electron chi connectivity index (χ1n) is 7.96. The Hall–Kier alpha value is -2.80. The maximum atomic E-state index is 13.2. The molecule has 7 heteroatoms. The SMILES string of the molecule is Cc1ccccc1-c1nc(C)c(CNC(=O)Nc2ccc(F)c(F)c2)s1. The number of hydrogen-bond acceptors (Lipinski definition) is 3. The summed E-state index contributed by atoms with van der Waals surface area (Å²) in [4.78, 5) is 17.5. The zero-order chi connectivity index (χ0) is 18.7. The third-order valence-corrected chi connectivity index (χ3v) is 5.05. The Morgan fingerprint density at radius 2 is 1.88 bits per heavy atom. The van der Waals surface area contributed by atoms with Gasteiger partial charge in [0.25, 0.3) is 0 Å². The number of thiazole rings is 1. The highest BCUT2D eigenvalue weighted by molar-refractivity contribution is 7.15. The van der Waals surface area contributed by atoms with Gasteiger partial charge in [-0.05, 0) is 31.5 Å². The summed E-state index contributed by atoms with van der Waals surface area (Å²) in [5.41, 5.74) is 3.24. The van der Waals surface area contributed by atoms with Crippen LogP contribution in [0.4, 0.5) is 19.3 Å². The Bertz CT molecular complexity index is 956. The maximum Gasteiger partial charge on any atom is 0.319 e. The lowest BCUT2D eigenvalue weighted by Crippen LogP contribution is -2.28. The smallest absolute Gasteiger partial charge is 0.319 e. The van der Waals surface area contributed by atoms with Crippen LogP contribution < -0.4 is 10.6 Å². The van der Waals surface area contributed by atoms with Gasteiger partial charge in [-0.15, -0.1) is 11.3 Å². The highest BCUT2D eigenvalue weighted by Crippen LogP contribution is 2.30. The zero-order valence-electron chi connectivity index (χ0n) is 14.3. The van der Waals surface area contributed by atoms with Gasteiger partial charge in [0.1, 0.15) is 5.01 Å². The number of aromatic nitrogens is 1. The molecule has 0 radical (unpaired) electrons. The molecule has 0 aliphatic heterocycles. The van der Waals surface area contributed by atoms with Gasteiger partial charge in [0.2, 0.25) is 0 Å². The maximum absolute atomic E-state index is 13.2. The van der Waals surface area contributed by atoms with E-state index in [1.807, 2.05) is 38.1 Å². The highest BCUT2D eigenvalue weighted by Gasteiger charge is 2.12. The van der Waals surface area contributed by atoms with Crippen LogP contribution in [0.1, 0.15) is 16.1 Å². The number of urea groups is 1. The molecule has 0 saturated carbocycles. The van der Waals surface area contributed by atoms with Gasteiger partial charge in [-0.2, -0.15) is 0 Å². The van der Waals surface area contributed by atoms with Gasteiger partial charge in [-0.1, -0.05) is 24.3 Å². The fraction of sp³-hybridized carbons (Fsp3) is 0.158. The van der Waals surface area contributed by atoms with E-state index in [2.05, 4.69) is 15.6 Å². The van der Waals surface area contributed by atoms with Gasteiger partial charge in [-0.25, -0.2) is 18.6 Å². The molecule has 0 atom stereocenters. The Balaban J connectivity index is 1.65. The largest absolute Gasteiger partial charge is 0.333 e. The van der Waals surface area contributed by atoms with Crippen molar-refractivity contribution in [1.29, 1.82) is 0 Å². The van der Waals surface area contributed by atoms with E-state index in [4.69, 9.17) is 0 Å². The molecule has 4 nitrogen and oxygen atoms in total. The van der Waals surface area contributed by atoms with Gasteiger partial charge in [0, 0.05) is 22.2 Å². The van der Waals surface area contributed by atoms with Crippen molar-refractivity contribution in [2.75, 3.05) is 5.32 Å². The first-order valence-corrected chi connectivity index (χ1v) is 8.78. The first kappa shape index (κ1) is 18.0. The fourth-order valence-corrected chi connectivity index (χ4v) is 3.52. The number of benzene rings is 2. The van der Waals surface area contributed by atoms with Crippen molar-refractivity contribution < 1.29 is 13.6 Å². The molecule has 0 unspecified atom stereocenters. The van der Waals surface area contributed by atoms with E-state index in [1.54, 1.807) is 0 Å². The second-order valence-corrected chi connectivity index (χ2v) is 6.86. The number of nitrogens with one attached hydrogen (secondary N) is 2. The zero-order valence-corrected chi connectivity index (χ0v) is 15.1. The number of anilines is 1. The van der Waals surface area contributed by atoms with Crippen molar-refractivity contribution in [2.24, 2.45) is 0 Å². The summed E-state index contributed by atoms with van der Waals surface area (Å²) in [6.45, 7) is 4.21. The third kappa shape index (κ3) is 4.05. The molecule has 134 valence electrons. The summed E-state index contributed by atoms with van der Waals surface area (Å²) in [6.07, 6.45) is 0. The number of hydrogen-bond donors (Lipinski definition) is 2. The van der Waals surface area contributed by atoms with Crippen molar-refractivity contribution in [1.82, 2.24) is 10.3 Å². The van der Waals surface area contributed by atoms with Gasteiger partial charge in [0.05, 0.1) is 12.2 Å². The van der Waals surface area contributed by atoms with Crippen molar-refractivity contribution in [2.45, 2.75) is 20.4 Å². The molecule has 2 amide bonds. The molecular weight excluding hydrogens is 356 g/mol. The summed E-state index contributed by atoms with van der Waals surface area (Å²) >= 11 is 1.52. The summed E-state index contributed by atoms with van der Waals surface area (Å²) in [7, 11) is 0. The molecule has 26 heavy (non-hydrogen) atoms. The first-order chi connectivity index (χ1) is 12.4. The molecule has 2 N–H and O–H groups in total. The van der Waals surface area contributed by atoms with Crippen LogP contribution in [-0.4, -0.2) is 11.0 Å². The molecule has 0 aliphatic rings. The molecule has 0 fully saturated rings. The second-order valence-electron chi connectivity index (χ2n) is 5.78. The number of aryl methyl sites for hydroxylation is 2. The third-order valence-electron chi connectivity index (χ3n) is 3.86. The number of amides is 2. The average Bonchev–Trinajstić information content (AvgIpc) is 2.97. The van der Waals surface area contributed by atoms with Crippen LogP contribution in [-0.2, 0) is 6.54 Å². The minimum absolute atomic E-state index is 0.183. The summed E-state index contributed by atoms with van der Waals surface area (Å²) in [6, 6.07) is 10.7. The fourth-order valence-electron chi connectivity index (χ4n) is 2.43. The van der Waals surface area contributed by atoms with Crippen LogP contribution in [0.3, 0.4) is 0 Å². The molecule has 2 aromatic carbocycles. The molecule has 0 bridgehead atoms. The Labute approximate surface area is 153 Å². The molecule has 1 heterocycles. The summed E-state index contributed by atoms with van der Waals surface area (Å²) in [5.74, 6) is -1.97. The van der Waals surface area contributed by atoms with Crippen LogP contribution in [0.15, 0.2) is 42.5 Å². The lowest BCUT2D eigenvalue weighted by atomic mass is 10.1. The summed E-state index contributed by atoms with van der Waals surface area (Å²) < 4.78 is 26.1. The predicted molar refractivity (Wildman–Crippen MR) is 99.2 cm³/mol. The Kier molecular flexibility index (Phi) is 5.27. The highest BCUT2D eigenvalue weighted by atomic mass is 32.1. The van der Waals surface area contributed by atoms with E-state index in [0.29, 0.717) is 6.54 Å². The van der Waals surface area contributed by atoms with Gasteiger partial charge < -0.3 is 10.6 Å². The lowest BCUT2D eigenvalue weighted by molar-refractivity contribution is 0.252. The molecular formula is C19H17F2N3OS. The molecule has 3 aromatic rings. The van der Waals surface area contributed by atoms with Crippen LogP contribution in [0.2, 0.25) is 0 Å². The second kappa shape index (κ2) is 7.61. The molecule has 3 rings (SSSR count). The predicted octanol–water partition coefficient (Wildman–Crippen LogP) is 5.03. The van der Waals surface area contributed by atoms with Gasteiger partial charge in [0.15, 0.2) is 11.6 Å². The van der Waals surface area contributed by atoms with Crippen LogP contribution in [0.25, 0.3) is 10.6 Å². The topological polar surface area (TPSA) is 54.0 Å². The van der Waals surface area contributed by atoms with E-state index in [9.17, 15) is 13.6 Å². The minimum Gasteiger partial charge on any atom is -0.333 e. The lowest BCUT2D eigenvalue weighted by Gasteiger charge is -2.07. The van der Waals surface area contributed by atoms with Crippen molar-refractivity contribution in [3.63, 3.8) is 0 Å². The van der Waals surface area contributed by atoms with Crippen LogP contribution in [0, 0.1) is 25.5 Å². The van der Waals surface area contributed by atoms with E-state index in [-0.39, 0.29) is 5.69 Å². The number of carbonyl (C=O) groups excluding carboxylic acids is 1. The normalized spacial score (nSPS) is 10.6. The molecule has 0 saturated heterocycles. The number of nitrogens with zero attached hydrogens (tertiary/aromatic N) is 1. The van der Waals surface area contributed by atoms with E-state index in [0.717, 1.165) is 38.8 Å². The molecule has 0 spiro atoms. The standard InChI is InChI=1S/C19H17F2N3OS/c1-11-5-3-4-6-14(11)18-23-12(2)17(26-18)10-22-19(25)24-13-7-8-15(20)16(21)9-13/h3-9H,10H2,1-2H3,(H2,22,24,25). The van der Waals surface area contributed by atoms with Gasteiger partial charge in [-0.3, -0.25) is 0 Å².